The van der Waals surface area contributed by atoms with Crippen molar-refractivity contribution in [3.05, 3.63) is 58.8 Å². The van der Waals surface area contributed by atoms with Crippen molar-refractivity contribution in [2.24, 2.45) is 5.41 Å². The van der Waals surface area contributed by atoms with E-state index in [0.29, 0.717) is 5.56 Å². The van der Waals surface area contributed by atoms with E-state index in [1.54, 1.807) is 0 Å². The summed E-state index contributed by atoms with van der Waals surface area (Å²) in [4.78, 5) is 24.3. The Morgan fingerprint density at radius 1 is 1.27 bits per heavy atom. The molecule has 1 aromatic carbocycles. The Hall–Kier alpha value is -2.63. The van der Waals surface area contributed by atoms with Crippen LogP contribution in [0.3, 0.4) is 0 Å². The van der Waals surface area contributed by atoms with Crippen LogP contribution < -0.4 is 10.6 Å². The maximum atomic E-state index is 12.9. The standard InChI is InChI=1S/C20H23FN2O3/c1-12-8-15-16(9-20(2,3)10-17(15)26-12)23-18(24)11-22-19(25)13-4-6-14(21)7-5-13/h4-8,16H,9-11H2,1-3H3,(H,22,25)(H,23,24). The number of aryl methyl sites for hydroxylation is 1. The lowest BCUT2D eigenvalue weighted by Crippen LogP contribution is -2.41. The number of hydrogen-bond donors (Lipinski definition) is 2. The minimum Gasteiger partial charge on any atom is -0.466 e. The maximum Gasteiger partial charge on any atom is 0.251 e. The second kappa shape index (κ2) is 6.94. The van der Waals surface area contributed by atoms with Gasteiger partial charge in [0.1, 0.15) is 17.3 Å². The maximum absolute atomic E-state index is 12.9. The molecule has 1 aliphatic rings. The Morgan fingerprint density at radius 2 is 1.96 bits per heavy atom. The number of fused-ring (bicyclic) bond motifs is 1. The minimum atomic E-state index is -0.413. The van der Waals surface area contributed by atoms with Crippen LogP contribution >= 0.6 is 0 Å². The number of halogens is 1. The van der Waals surface area contributed by atoms with Gasteiger partial charge in [-0.2, -0.15) is 0 Å². The molecule has 0 radical (unpaired) electrons. The minimum absolute atomic E-state index is 0.0204. The van der Waals surface area contributed by atoms with Gasteiger partial charge in [-0.25, -0.2) is 4.39 Å². The fourth-order valence-corrected chi connectivity index (χ4v) is 3.42. The molecular weight excluding hydrogens is 335 g/mol. The van der Waals surface area contributed by atoms with Crippen LogP contribution in [0.1, 0.15) is 53.8 Å². The van der Waals surface area contributed by atoms with E-state index in [4.69, 9.17) is 4.42 Å². The second-order valence-electron chi connectivity index (χ2n) is 7.59. The molecule has 3 rings (SSSR count). The van der Waals surface area contributed by atoms with Crippen LogP contribution in [0.25, 0.3) is 0 Å². The molecular formula is C20H23FN2O3. The summed E-state index contributed by atoms with van der Waals surface area (Å²) in [6.45, 7) is 6.04. The average Bonchev–Trinajstić information content (AvgIpc) is 2.92. The molecule has 0 fully saturated rings. The highest BCUT2D eigenvalue weighted by Crippen LogP contribution is 2.41. The van der Waals surface area contributed by atoms with Gasteiger partial charge in [-0.1, -0.05) is 13.8 Å². The Bertz CT molecular complexity index is 824. The van der Waals surface area contributed by atoms with Gasteiger partial charge in [-0.15, -0.1) is 0 Å². The number of benzene rings is 1. The third kappa shape index (κ3) is 4.12. The van der Waals surface area contributed by atoms with Crippen molar-refractivity contribution in [2.75, 3.05) is 6.54 Å². The van der Waals surface area contributed by atoms with Crippen LogP contribution in [-0.2, 0) is 11.2 Å². The van der Waals surface area contributed by atoms with Crippen LogP contribution in [-0.4, -0.2) is 18.4 Å². The third-order valence-electron chi connectivity index (χ3n) is 4.59. The Labute approximate surface area is 152 Å². The molecule has 0 saturated heterocycles. The van der Waals surface area contributed by atoms with E-state index in [1.165, 1.54) is 24.3 Å². The molecule has 1 heterocycles. The number of nitrogens with one attached hydrogen (secondary N) is 2. The molecule has 1 unspecified atom stereocenters. The molecule has 0 aliphatic heterocycles. The normalized spacial score (nSPS) is 18.1. The zero-order chi connectivity index (χ0) is 18.9. The Morgan fingerprint density at radius 3 is 2.65 bits per heavy atom. The first-order chi connectivity index (χ1) is 12.2. The number of hydrogen-bond acceptors (Lipinski definition) is 3. The molecule has 2 amide bonds. The third-order valence-corrected chi connectivity index (χ3v) is 4.59. The van der Waals surface area contributed by atoms with Gasteiger partial charge in [0, 0.05) is 17.5 Å². The summed E-state index contributed by atoms with van der Waals surface area (Å²) >= 11 is 0. The summed E-state index contributed by atoms with van der Waals surface area (Å²) in [6, 6.07) is 7.01. The average molecular weight is 358 g/mol. The van der Waals surface area contributed by atoms with E-state index >= 15 is 0 Å². The zero-order valence-corrected chi connectivity index (χ0v) is 15.2. The molecule has 6 heteroatoms. The molecule has 1 aliphatic carbocycles. The van der Waals surface area contributed by atoms with E-state index < -0.39 is 11.7 Å². The van der Waals surface area contributed by atoms with Crippen molar-refractivity contribution in [1.82, 2.24) is 10.6 Å². The number of carbonyl (C=O) groups excluding carboxylic acids is 2. The van der Waals surface area contributed by atoms with Crippen LogP contribution in [0.4, 0.5) is 4.39 Å². The summed E-state index contributed by atoms with van der Waals surface area (Å²) in [7, 11) is 0. The summed E-state index contributed by atoms with van der Waals surface area (Å²) in [5.41, 5.74) is 1.35. The fourth-order valence-electron chi connectivity index (χ4n) is 3.42. The van der Waals surface area contributed by atoms with Gasteiger partial charge in [0.2, 0.25) is 5.91 Å². The summed E-state index contributed by atoms with van der Waals surface area (Å²) in [5, 5.41) is 5.55. The highest BCUT2D eigenvalue weighted by Gasteiger charge is 2.35. The van der Waals surface area contributed by atoms with E-state index in [9.17, 15) is 14.0 Å². The van der Waals surface area contributed by atoms with Gasteiger partial charge in [0.25, 0.3) is 5.91 Å². The zero-order valence-electron chi connectivity index (χ0n) is 15.2. The molecule has 138 valence electrons. The van der Waals surface area contributed by atoms with Crippen molar-refractivity contribution in [1.29, 1.82) is 0 Å². The fraction of sp³-hybridized carbons (Fsp3) is 0.400. The van der Waals surface area contributed by atoms with Crippen LogP contribution in [0.5, 0.6) is 0 Å². The number of furan rings is 1. The van der Waals surface area contributed by atoms with Gasteiger partial charge >= 0.3 is 0 Å². The monoisotopic (exact) mass is 358 g/mol. The van der Waals surface area contributed by atoms with Crippen molar-refractivity contribution >= 4 is 11.8 Å². The molecule has 5 nitrogen and oxygen atoms in total. The van der Waals surface area contributed by atoms with Gasteiger partial charge in [0.15, 0.2) is 0 Å². The molecule has 2 aromatic rings. The summed E-state index contributed by atoms with van der Waals surface area (Å²) in [5.74, 6) is 0.651. The largest absolute Gasteiger partial charge is 0.466 e. The molecule has 0 saturated carbocycles. The van der Waals surface area contributed by atoms with Gasteiger partial charge in [-0.05, 0) is 49.1 Å². The molecule has 0 spiro atoms. The van der Waals surface area contributed by atoms with Gasteiger partial charge < -0.3 is 15.1 Å². The smallest absolute Gasteiger partial charge is 0.251 e. The Kier molecular flexibility index (Phi) is 4.85. The van der Waals surface area contributed by atoms with E-state index in [1.807, 2.05) is 13.0 Å². The first-order valence-corrected chi connectivity index (χ1v) is 8.66. The first-order valence-electron chi connectivity index (χ1n) is 8.66. The van der Waals surface area contributed by atoms with E-state index in [-0.39, 0.29) is 23.9 Å². The predicted octanol–water partition coefficient (Wildman–Crippen LogP) is 3.29. The molecule has 26 heavy (non-hydrogen) atoms. The topological polar surface area (TPSA) is 71.3 Å². The molecule has 0 bridgehead atoms. The SMILES string of the molecule is Cc1cc2c(o1)CC(C)(C)CC2NC(=O)CNC(=O)c1ccc(F)cc1. The first kappa shape index (κ1) is 18.2. The number of rotatable bonds is 4. The van der Waals surface area contributed by atoms with E-state index in [0.717, 1.165) is 29.9 Å². The molecule has 1 atom stereocenters. The highest BCUT2D eigenvalue weighted by molar-refractivity contribution is 5.96. The van der Waals surface area contributed by atoms with Crippen molar-refractivity contribution in [3.8, 4) is 0 Å². The highest BCUT2D eigenvalue weighted by atomic mass is 19.1. The number of carbonyl (C=O) groups is 2. The van der Waals surface area contributed by atoms with Crippen molar-refractivity contribution < 1.29 is 18.4 Å². The summed E-state index contributed by atoms with van der Waals surface area (Å²) < 4.78 is 18.7. The lowest BCUT2D eigenvalue weighted by atomic mass is 9.74. The van der Waals surface area contributed by atoms with Crippen molar-refractivity contribution in [3.63, 3.8) is 0 Å². The Balaban J connectivity index is 1.61. The van der Waals surface area contributed by atoms with Crippen LogP contribution in [0.15, 0.2) is 34.7 Å². The van der Waals surface area contributed by atoms with E-state index in [2.05, 4.69) is 24.5 Å². The van der Waals surface area contributed by atoms with Crippen LogP contribution in [0.2, 0.25) is 0 Å². The summed E-state index contributed by atoms with van der Waals surface area (Å²) in [6.07, 6.45) is 1.64. The van der Waals surface area contributed by atoms with Crippen molar-refractivity contribution in [2.45, 2.75) is 39.7 Å². The number of amides is 2. The lowest BCUT2D eigenvalue weighted by Gasteiger charge is -2.34. The van der Waals surface area contributed by atoms with Gasteiger partial charge in [0.05, 0.1) is 12.6 Å². The molecule has 2 N–H and O–H groups in total. The van der Waals surface area contributed by atoms with Crippen LogP contribution in [0, 0.1) is 18.2 Å². The predicted molar refractivity (Wildman–Crippen MR) is 95.2 cm³/mol. The second-order valence-corrected chi connectivity index (χ2v) is 7.59. The lowest BCUT2D eigenvalue weighted by molar-refractivity contribution is -0.121. The quantitative estimate of drug-likeness (QED) is 0.881. The van der Waals surface area contributed by atoms with Gasteiger partial charge in [-0.3, -0.25) is 9.59 Å². The molecule has 1 aromatic heterocycles.